The van der Waals surface area contributed by atoms with Crippen LogP contribution in [0.5, 0.6) is 5.75 Å². The molecule has 0 amide bonds. The molecule has 1 saturated heterocycles. The summed E-state index contributed by atoms with van der Waals surface area (Å²) in [5.74, 6) is -1.88. The predicted octanol–water partition coefficient (Wildman–Crippen LogP) is 4.12. The number of nitrogens with one attached hydrogen (secondary N) is 1. The van der Waals surface area contributed by atoms with Gasteiger partial charge in [-0.25, -0.2) is 9.37 Å². The Morgan fingerprint density at radius 2 is 1.77 bits per heavy atom. The first-order chi connectivity index (χ1) is 16.7. The fourth-order valence-corrected chi connectivity index (χ4v) is 4.62. The van der Waals surface area contributed by atoms with Gasteiger partial charge in [0.05, 0.1) is 12.5 Å². The van der Waals surface area contributed by atoms with Crippen molar-refractivity contribution in [1.82, 2.24) is 15.2 Å². The van der Waals surface area contributed by atoms with E-state index in [1.807, 2.05) is 4.90 Å². The van der Waals surface area contributed by atoms with Crippen molar-refractivity contribution in [1.29, 1.82) is 0 Å². The van der Waals surface area contributed by atoms with E-state index in [2.05, 4.69) is 15.0 Å². The lowest BCUT2D eigenvalue weighted by Gasteiger charge is -2.43. The van der Waals surface area contributed by atoms with E-state index in [9.17, 15) is 22.0 Å². The van der Waals surface area contributed by atoms with Crippen molar-refractivity contribution in [3.63, 3.8) is 0 Å². The Kier molecular flexibility index (Phi) is 5.68. The lowest BCUT2D eigenvalue weighted by Crippen LogP contribution is -2.63. The third-order valence-corrected chi connectivity index (χ3v) is 6.19. The highest BCUT2D eigenvalue weighted by Crippen LogP contribution is 2.44. The van der Waals surface area contributed by atoms with Crippen LogP contribution >= 0.6 is 0 Å². The molecule has 2 aromatic carbocycles. The van der Waals surface area contributed by atoms with E-state index in [-0.39, 0.29) is 23.0 Å². The number of aliphatic imine (C=N–C) groups is 1. The second-order valence-corrected chi connectivity index (χ2v) is 8.32. The van der Waals surface area contributed by atoms with Crippen LogP contribution in [0.2, 0.25) is 0 Å². The van der Waals surface area contributed by atoms with Crippen molar-refractivity contribution in [3.8, 4) is 16.9 Å². The van der Waals surface area contributed by atoms with Gasteiger partial charge in [-0.2, -0.15) is 4.39 Å². The molecule has 3 unspecified atom stereocenters. The van der Waals surface area contributed by atoms with Gasteiger partial charge in [0.2, 0.25) is 5.95 Å². The highest BCUT2D eigenvalue weighted by Gasteiger charge is 2.50. The topological polar surface area (TPSA) is 75.8 Å². The van der Waals surface area contributed by atoms with Crippen molar-refractivity contribution in [2.75, 3.05) is 6.54 Å². The number of hydrogen-bond donors (Lipinski definition) is 2. The van der Waals surface area contributed by atoms with Crippen LogP contribution in [0.25, 0.3) is 11.1 Å². The summed E-state index contributed by atoms with van der Waals surface area (Å²) in [7, 11) is 0. The Morgan fingerprint density at radius 1 is 1.03 bits per heavy atom. The SMILES string of the molecule is NC1CCN2C=NC(c3ccc(OC(F)(F)F)cc3)(c3ccc(F)c(-c4cccnc4F)c3)C2N1. The summed E-state index contributed by atoms with van der Waals surface area (Å²) in [6.45, 7) is 0.588. The molecule has 6 nitrogen and oxygen atoms in total. The summed E-state index contributed by atoms with van der Waals surface area (Å²) in [5, 5.41) is 3.29. The summed E-state index contributed by atoms with van der Waals surface area (Å²) < 4.78 is 71.3. The predicted molar refractivity (Wildman–Crippen MR) is 118 cm³/mol. The summed E-state index contributed by atoms with van der Waals surface area (Å²) in [6, 6.07) is 12.5. The third-order valence-electron chi connectivity index (χ3n) is 6.19. The largest absolute Gasteiger partial charge is 0.573 e. The van der Waals surface area contributed by atoms with Crippen molar-refractivity contribution < 1.29 is 26.7 Å². The smallest absolute Gasteiger partial charge is 0.406 e. The zero-order valence-corrected chi connectivity index (χ0v) is 18.1. The Bertz CT molecular complexity index is 1270. The zero-order chi connectivity index (χ0) is 24.8. The highest BCUT2D eigenvalue weighted by atomic mass is 19.4. The molecule has 3 heterocycles. The molecule has 35 heavy (non-hydrogen) atoms. The van der Waals surface area contributed by atoms with Gasteiger partial charge in [0, 0.05) is 23.9 Å². The van der Waals surface area contributed by atoms with Crippen molar-refractivity contribution in [3.05, 3.63) is 83.7 Å². The third kappa shape index (κ3) is 4.21. The Balaban J connectivity index is 1.66. The number of benzene rings is 2. The van der Waals surface area contributed by atoms with Crippen LogP contribution in [0.3, 0.4) is 0 Å². The van der Waals surface area contributed by atoms with Crippen LogP contribution in [-0.2, 0) is 5.54 Å². The first kappa shape index (κ1) is 23.2. The van der Waals surface area contributed by atoms with Gasteiger partial charge in [-0.3, -0.25) is 10.3 Å². The molecule has 3 aromatic rings. The highest BCUT2D eigenvalue weighted by molar-refractivity contribution is 5.69. The van der Waals surface area contributed by atoms with Gasteiger partial charge in [-0.15, -0.1) is 13.2 Å². The van der Waals surface area contributed by atoms with E-state index in [4.69, 9.17) is 10.7 Å². The molecule has 2 aliphatic heterocycles. The van der Waals surface area contributed by atoms with Crippen molar-refractivity contribution >= 4 is 6.34 Å². The molecule has 5 rings (SSSR count). The number of rotatable bonds is 4. The van der Waals surface area contributed by atoms with Gasteiger partial charge < -0.3 is 15.4 Å². The van der Waals surface area contributed by atoms with Crippen LogP contribution in [0, 0.1) is 11.8 Å². The van der Waals surface area contributed by atoms with Gasteiger partial charge in [0.25, 0.3) is 0 Å². The van der Waals surface area contributed by atoms with Gasteiger partial charge >= 0.3 is 6.36 Å². The van der Waals surface area contributed by atoms with Gasteiger partial charge in [-0.1, -0.05) is 18.2 Å². The molecular weight excluding hydrogens is 469 g/mol. The minimum Gasteiger partial charge on any atom is -0.406 e. The second kappa shape index (κ2) is 8.58. The Labute approximate surface area is 197 Å². The van der Waals surface area contributed by atoms with Crippen molar-refractivity contribution in [2.24, 2.45) is 10.7 Å². The molecular formula is C24H20F5N5O. The number of nitrogens with two attached hydrogens (primary N) is 1. The quantitative estimate of drug-likeness (QED) is 0.426. The lowest BCUT2D eigenvalue weighted by molar-refractivity contribution is -0.274. The number of aromatic nitrogens is 1. The minimum absolute atomic E-state index is 0.0155. The molecule has 0 saturated carbocycles. The van der Waals surface area contributed by atoms with Crippen LogP contribution in [0.1, 0.15) is 17.5 Å². The van der Waals surface area contributed by atoms with E-state index in [1.165, 1.54) is 60.8 Å². The summed E-state index contributed by atoms with van der Waals surface area (Å²) in [5.41, 5.74) is 5.93. The number of nitrogens with zero attached hydrogens (tertiary/aromatic N) is 3. The second-order valence-electron chi connectivity index (χ2n) is 8.32. The first-order valence-corrected chi connectivity index (χ1v) is 10.8. The fourth-order valence-electron chi connectivity index (χ4n) is 4.62. The average molecular weight is 489 g/mol. The molecule has 0 aliphatic carbocycles. The van der Waals surface area contributed by atoms with E-state index in [1.54, 1.807) is 6.34 Å². The van der Waals surface area contributed by atoms with E-state index < -0.39 is 29.8 Å². The maximum absolute atomic E-state index is 14.9. The number of hydrogen-bond acceptors (Lipinski definition) is 6. The maximum Gasteiger partial charge on any atom is 0.573 e. The van der Waals surface area contributed by atoms with Gasteiger partial charge in [0.1, 0.15) is 23.3 Å². The number of halogens is 5. The molecule has 3 N–H and O–H groups in total. The number of fused-ring (bicyclic) bond motifs is 1. The molecule has 0 radical (unpaired) electrons. The number of ether oxygens (including phenoxy) is 1. The van der Waals surface area contributed by atoms with Gasteiger partial charge in [0.15, 0.2) is 0 Å². The van der Waals surface area contributed by atoms with Crippen LogP contribution in [-0.4, -0.2) is 41.5 Å². The van der Waals surface area contributed by atoms with Crippen molar-refractivity contribution in [2.45, 2.75) is 30.7 Å². The molecule has 11 heteroatoms. The monoisotopic (exact) mass is 489 g/mol. The Hall–Kier alpha value is -3.57. The molecule has 0 spiro atoms. The van der Waals surface area contributed by atoms with E-state index in [0.29, 0.717) is 24.1 Å². The molecule has 1 fully saturated rings. The molecule has 0 bridgehead atoms. The lowest BCUT2D eigenvalue weighted by atomic mass is 9.79. The zero-order valence-electron chi connectivity index (χ0n) is 18.1. The number of pyridine rings is 1. The standard InChI is InChI=1S/C24H20F5N5O/c25-19-8-5-15(12-18(19)17-2-1-10-31-21(17)26)23(22-33-20(30)9-11-34(22)13-32-23)14-3-6-16(7-4-14)35-24(27,28)29/h1-8,10,12-13,20,22,33H,9,11,30H2. The maximum atomic E-state index is 14.9. The molecule has 2 aliphatic rings. The first-order valence-electron chi connectivity index (χ1n) is 10.8. The van der Waals surface area contributed by atoms with E-state index >= 15 is 0 Å². The number of alkyl halides is 3. The van der Waals surface area contributed by atoms with E-state index in [0.717, 1.165) is 0 Å². The molecule has 1 aromatic heterocycles. The average Bonchev–Trinajstić information content (AvgIpc) is 3.19. The summed E-state index contributed by atoms with van der Waals surface area (Å²) >= 11 is 0. The van der Waals surface area contributed by atoms with Crippen LogP contribution in [0.15, 0.2) is 65.8 Å². The van der Waals surface area contributed by atoms with Gasteiger partial charge in [-0.05, 0) is 53.9 Å². The Morgan fingerprint density at radius 3 is 2.49 bits per heavy atom. The fraction of sp³-hybridized carbons (Fsp3) is 0.250. The molecule has 3 atom stereocenters. The molecule has 182 valence electrons. The normalized spacial score (nSPS) is 23.9. The summed E-state index contributed by atoms with van der Waals surface area (Å²) in [6.07, 6.45) is -2.17. The summed E-state index contributed by atoms with van der Waals surface area (Å²) in [4.78, 5) is 10.3. The van der Waals surface area contributed by atoms with Crippen LogP contribution in [0.4, 0.5) is 22.0 Å². The minimum atomic E-state index is -4.83. The van der Waals surface area contributed by atoms with Crippen LogP contribution < -0.4 is 15.8 Å².